The zero-order valence-electron chi connectivity index (χ0n) is 14.9. The Morgan fingerprint density at radius 1 is 1.11 bits per heavy atom. The van der Waals surface area contributed by atoms with Crippen LogP contribution in [0.15, 0.2) is 67.0 Å². The van der Waals surface area contributed by atoms with Crippen LogP contribution in [0.25, 0.3) is 0 Å². The summed E-state index contributed by atoms with van der Waals surface area (Å²) >= 11 is 0. The molecule has 0 saturated carbocycles. The van der Waals surface area contributed by atoms with Gasteiger partial charge in [0.15, 0.2) is 0 Å². The maximum atomic E-state index is 13.8. The number of fused-ring (bicyclic) bond motifs is 1. The van der Waals surface area contributed by atoms with Crippen LogP contribution >= 0.6 is 0 Å². The van der Waals surface area contributed by atoms with E-state index in [0.717, 1.165) is 18.5 Å². The number of anilines is 2. The van der Waals surface area contributed by atoms with Gasteiger partial charge in [-0.1, -0.05) is 36.4 Å². The molecule has 0 radical (unpaired) electrons. The number of carbonyl (C=O) groups excluding carboxylic acids is 1. The summed E-state index contributed by atoms with van der Waals surface area (Å²) in [5.74, 6) is -0.320. The van der Waals surface area contributed by atoms with Crippen molar-refractivity contribution < 1.29 is 9.18 Å². The number of aromatic nitrogens is 1. The fourth-order valence-electron chi connectivity index (χ4n) is 3.39. The van der Waals surface area contributed by atoms with Gasteiger partial charge in [-0.2, -0.15) is 0 Å². The molecule has 2 heterocycles. The summed E-state index contributed by atoms with van der Waals surface area (Å²) in [5.41, 5.74) is 3.94. The molecular formula is C22H20FN3O. The highest BCUT2D eigenvalue weighted by Gasteiger charge is 2.23. The van der Waals surface area contributed by atoms with E-state index < -0.39 is 0 Å². The summed E-state index contributed by atoms with van der Waals surface area (Å²) in [6.45, 7) is 1.03. The molecule has 4 rings (SSSR count). The number of rotatable bonds is 4. The summed E-state index contributed by atoms with van der Waals surface area (Å²) in [6.07, 6.45) is 5.15. The van der Waals surface area contributed by atoms with Gasteiger partial charge >= 0.3 is 0 Å². The topological polar surface area (TPSA) is 45.2 Å². The maximum Gasteiger partial charge on any atom is 0.259 e. The predicted octanol–water partition coefficient (Wildman–Crippen LogP) is 4.43. The highest BCUT2D eigenvalue weighted by molar-refractivity contribution is 6.07. The van der Waals surface area contributed by atoms with Gasteiger partial charge in [0.05, 0.1) is 11.3 Å². The first-order valence-corrected chi connectivity index (χ1v) is 9.04. The van der Waals surface area contributed by atoms with Crippen LogP contribution < -0.4 is 10.2 Å². The molecule has 27 heavy (non-hydrogen) atoms. The number of aryl methyl sites for hydroxylation is 1. The summed E-state index contributed by atoms with van der Waals surface area (Å²) in [5, 5.41) is 3.15. The Bertz CT molecular complexity index is 973. The number of hydrogen-bond acceptors (Lipinski definition) is 3. The minimum atomic E-state index is -0.255. The zero-order chi connectivity index (χ0) is 18.6. The van der Waals surface area contributed by atoms with Crippen LogP contribution in [0.5, 0.6) is 0 Å². The van der Waals surface area contributed by atoms with Crippen molar-refractivity contribution in [2.75, 3.05) is 16.8 Å². The molecule has 1 aliphatic heterocycles. The van der Waals surface area contributed by atoms with E-state index in [0.29, 0.717) is 29.9 Å². The number of benzene rings is 2. The molecule has 5 heteroatoms. The highest BCUT2D eigenvalue weighted by Crippen LogP contribution is 2.28. The number of nitrogens with one attached hydrogen (secondary N) is 1. The van der Waals surface area contributed by atoms with Crippen molar-refractivity contribution in [2.45, 2.75) is 19.4 Å². The third kappa shape index (κ3) is 3.67. The number of amides is 1. The molecule has 0 aliphatic carbocycles. The van der Waals surface area contributed by atoms with E-state index in [1.807, 2.05) is 23.1 Å². The van der Waals surface area contributed by atoms with Crippen molar-refractivity contribution in [3.05, 3.63) is 89.5 Å². The monoisotopic (exact) mass is 361 g/mol. The standard InChI is InChI=1S/C22H20FN3O/c23-20-9-3-1-7-17(20)14-25-19-12-18(13-24-15-19)22(27)26-11-5-8-16-6-2-4-10-21(16)26/h1-4,6-7,9-10,12-13,15,25H,5,8,11,14H2. The number of nitrogens with zero attached hydrogens (tertiary/aromatic N) is 2. The molecule has 0 unspecified atom stereocenters. The van der Waals surface area contributed by atoms with E-state index >= 15 is 0 Å². The first-order valence-electron chi connectivity index (χ1n) is 9.04. The number of carbonyl (C=O) groups is 1. The van der Waals surface area contributed by atoms with E-state index in [1.54, 1.807) is 36.7 Å². The molecule has 3 aromatic rings. The van der Waals surface area contributed by atoms with Crippen LogP contribution in [0.2, 0.25) is 0 Å². The second kappa shape index (κ2) is 7.58. The lowest BCUT2D eigenvalue weighted by Crippen LogP contribution is -2.35. The van der Waals surface area contributed by atoms with Crippen LogP contribution in [0, 0.1) is 5.82 Å². The normalized spacial score (nSPS) is 13.1. The maximum absolute atomic E-state index is 13.8. The van der Waals surface area contributed by atoms with E-state index in [2.05, 4.69) is 16.4 Å². The van der Waals surface area contributed by atoms with Crippen LogP contribution in [0.3, 0.4) is 0 Å². The van der Waals surface area contributed by atoms with E-state index in [9.17, 15) is 9.18 Å². The van der Waals surface area contributed by atoms with Gasteiger partial charge in [-0.3, -0.25) is 9.78 Å². The quantitative estimate of drug-likeness (QED) is 0.748. The minimum absolute atomic E-state index is 0.0656. The third-order valence-electron chi connectivity index (χ3n) is 4.78. The van der Waals surface area contributed by atoms with Crippen molar-refractivity contribution in [2.24, 2.45) is 0 Å². The van der Waals surface area contributed by atoms with Crippen molar-refractivity contribution in [1.29, 1.82) is 0 Å². The Morgan fingerprint density at radius 2 is 1.93 bits per heavy atom. The van der Waals surface area contributed by atoms with Crippen LogP contribution in [0.4, 0.5) is 15.8 Å². The number of pyridine rings is 1. The molecule has 0 atom stereocenters. The Morgan fingerprint density at radius 3 is 2.81 bits per heavy atom. The van der Waals surface area contributed by atoms with Crippen molar-refractivity contribution >= 4 is 17.3 Å². The summed E-state index contributed by atoms with van der Waals surface area (Å²) in [7, 11) is 0. The van der Waals surface area contributed by atoms with Gasteiger partial charge in [0.25, 0.3) is 5.91 Å². The van der Waals surface area contributed by atoms with Crippen molar-refractivity contribution in [3.8, 4) is 0 Å². The van der Waals surface area contributed by atoms with Crippen molar-refractivity contribution in [1.82, 2.24) is 4.98 Å². The van der Waals surface area contributed by atoms with Crippen LogP contribution in [0.1, 0.15) is 27.9 Å². The average molecular weight is 361 g/mol. The molecule has 136 valence electrons. The Hall–Kier alpha value is -3.21. The van der Waals surface area contributed by atoms with Gasteiger partial charge in [-0.25, -0.2) is 4.39 Å². The summed E-state index contributed by atoms with van der Waals surface area (Å²) in [6, 6.07) is 16.4. The molecule has 1 N–H and O–H groups in total. The van der Waals surface area contributed by atoms with Gasteiger partial charge in [0.1, 0.15) is 5.82 Å². The fourth-order valence-corrected chi connectivity index (χ4v) is 3.39. The first-order chi connectivity index (χ1) is 13.2. The minimum Gasteiger partial charge on any atom is -0.380 e. The molecule has 0 spiro atoms. The van der Waals surface area contributed by atoms with Gasteiger partial charge in [-0.05, 0) is 36.6 Å². The Kier molecular flexibility index (Phi) is 4.83. The third-order valence-corrected chi connectivity index (χ3v) is 4.78. The van der Waals surface area contributed by atoms with E-state index in [4.69, 9.17) is 0 Å². The first kappa shape index (κ1) is 17.2. The lowest BCUT2D eigenvalue weighted by Gasteiger charge is -2.29. The predicted molar refractivity (Wildman–Crippen MR) is 104 cm³/mol. The number of para-hydroxylation sites is 1. The molecule has 0 bridgehead atoms. The van der Waals surface area contributed by atoms with E-state index in [-0.39, 0.29) is 11.7 Å². The highest BCUT2D eigenvalue weighted by atomic mass is 19.1. The molecular weight excluding hydrogens is 341 g/mol. The lowest BCUT2D eigenvalue weighted by atomic mass is 10.0. The average Bonchev–Trinajstić information content (AvgIpc) is 2.72. The number of hydrogen-bond donors (Lipinski definition) is 1. The van der Waals surface area contributed by atoms with Gasteiger partial charge < -0.3 is 10.2 Å². The molecule has 0 fully saturated rings. The molecule has 1 amide bonds. The SMILES string of the molecule is O=C(c1cncc(NCc2ccccc2F)c1)N1CCCc2ccccc21. The molecule has 1 aliphatic rings. The zero-order valence-corrected chi connectivity index (χ0v) is 14.9. The second-order valence-corrected chi connectivity index (χ2v) is 6.60. The van der Waals surface area contributed by atoms with Crippen molar-refractivity contribution in [3.63, 3.8) is 0 Å². The van der Waals surface area contributed by atoms with Crippen LogP contribution in [-0.2, 0) is 13.0 Å². The lowest BCUT2D eigenvalue weighted by molar-refractivity contribution is 0.0985. The van der Waals surface area contributed by atoms with Gasteiger partial charge in [0.2, 0.25) is 0 Å². The largest absolute Gasteiger partial charge is 0.380 e. The van der Waals surface area contributed by atoms with Gasteiger partial charge in [0, 0.05) is 36.7 Å². The van der Waals surface area contributed by atoms with Crippen LogP contribution in [-0.4, -0.2) is 17.4 Å². The summed E-state index contributed by atoms with van der Waals surface area (Å²) in [4.78, 5) is 19.0. The smallest absolute Gasteiger partial charge is 0.259 e. The Balaban J connectivity index is 1.53. The fraction of sp³-hybridized carbons (Fsp3) is 0.182. The molecule has 4 nitrogen and oxygen atoms in total. The second-order valence-electron chi connectivity index (χ2n) is 6.60. The molecule has 2 aromatic carbocycles. The number of halogens is 1. The Labute approximate surface area is 157 Å². The van der Waals surface area contributed by atoms with E-state index in [1.165, 1.54) is 11.6 Å². The molecule has 1 aromatic heterocycles. The van der Waals surface area contributed by atoms with Gasteiger partial charge in [-0.15, -0.1) is 0 Å². The molecule has 0 saturated heterocycles. The summed E-state index contributed by atoms with van der Waals surface area (Å²) < 4.78 is 13.8.